The highest BCUT2D eigenvalue weighted by Crippen LogP contribution is 2.56. The smallest absolute Gasteiger partial charge is 0.313 e. The second-order valence-electron chi connectivity index (χ2n) is 4.93. The predicted octanol–water partition coefficient (Wildman–Crippen LogP) is 2.24. The van der Waals surface area contributed by atoms with Gasteiger partial charge in [0.2, 0.25) is 0 Å². The van der Waals surface area contributed by atoms with Crippen molar-refractivity contribution in [2.24, 2.45) is 11.3 Å². The summed E-state index contributed by atoms with van der Waals surface area (Å²) >= 11 is 5.82. The van der Waals surface area contributed by atoms with E-state index in [0.29, 0.717) is 5.56 Å². The van der Waals surface area contributed by atoms with Crippen molar-refractivity contribution >= 4 is 23.5 Å². The molecule has 2 unspecified atom stereocenters. The third kappa shape index (κ3) is 2.58. The third-order valence-electron chi connectivity index (χ3n) is 3.59. The number of carbonyl (C=O) groups is 2. The number of carbonyl (C=O) groups excluding carboxylic acids is 1. The Labute approximate surface area is 121 Å². The van der Waals surface area contributed by atoms with E-state index < -0.39 is 23.3 Å². The summed E-state index contributed by atoms with van der Waals surface area (Å²) in [5.74, 6) is -2.26. The number of hydrogen-bond acceptors (Lipinski definition) is 4. The van der Waals surface area contributed by atoms with Gasteiger partial charge in [0, 0.05) is 0 Å². The Kier molecular flexibility index (Phi) is 3.90. The number of phenolic OH excluding ortho intramolecular Hbond substituents is 1. The fourth-order valence-corrected chi connectivity index (χ4v) is 2.62. The maximum absolute atomic E-state index is 12.0. The van der Waals surface area contributed by atoms with Gasteiger partial charge in [-0.2, -0.15) is 0 Å². The Morgan fingerprint density at radius 3 is 2.70 bits per heavy atom. The highest BCUT2D eigenvalue weighted by Gasteiger charge is 2.64. The minimum atomic E-state index is -1.01. The number of halogens is 1. The summed E-state index contributed by atoms with van der Waals surface area (Å²) in [6, 6.07) is 4.59. The molecular weight excluding hydrogens is 284 g/mol. The van der Waals surface area contributed by atoms with Crippen molar-refractivity contribution < 1.29 is 24.5 Å². The van der Waals surface area contributed by atoms with Gasteiger partial charge in [-0.15, -0.1) is 0 Å². The first-order chi connectivity index (χ1) is 9.40. The van der Waals surface area contributed by atoms with Crippen molar-refractivity contribution in [2.75, 3.05) is 6.61 Å². The van der Waals surface area contributed by atoms with Gasteiger partial charge in [-0.1, -0.05) is 17.7 Å². The molecule has 20 heavy (non-hydrogen) atoms. The Morgan fingerprint density at radius 2 is 2.20 bits per heavy atom. The van der Waals surface area contributed by atoms with Gasteiger partial charge in [0.05, 0.1) is 23.0 Å². The monoisotopic (exact) mass is 298 g/mol. The van der Waals surface area contributed by atoms with E-state index in [4.69, 9.17) is 21.4 Å². The lowest BCUT2D eigenvalue weighted by Crippen LogP contribution is -2.26. The molecule has 1 aromatic rings. The predicted molar refractivity (Wildman–Crippen MR) is 71.6 cm³/mol. The molecule has 108 valence electrons. The number of hydrogen-bond donors (Lipinski definition) is 2. The lowest BCUT2D eigenvalue weighted by atomic mass is 9.93. The quantitative estimate of drug-likeness (QED) is 0.815. The van der Waals surface area contributed by atoms with Crippen LogP contribution in [0.2, 0.25) is 5.02 Å². The van der Waals surface area contributed by atoms with E-state index in [0.717, 1.165) is 0 Å². The summed E-state index contributed by atoms with van der Waals surface area (Å²) in [7, 11) is 0. The molecule has 0 aliphatic heterocycles. The molecule has 6 heteroatoms. The summed E-state index contributed by atoms with van der Waals surface area (Å²) in [5, 5.41) is 18.7. The molecule has 2 rings (SSSR count). The molecule has 1 aliphatic rings. The largest absolute Gasteiger partial charge is 0.506 e. The van der Waals surface area contributed by atoms with Gasteiger partial charge in [-0.3, -0.25) is 9.59 Å². The lowest BCUT2D eigenvalue weighted by Gasteiger charge is -2.15. The number of carboxylic acid groups (broad SMARTS) is 1. The van der Waals surface area contributed by atoms with Gasteiger partial charge in [-0.05, 0) is 37.5 Å². The summed E-state index contributed by atoms with van der Waals surface area (Å²) in [5.41, 5.74) is -0.313. The van der Waals surface area contributed by atoms with E-state index >= 15 is 0 Å². The topological polar surface area (TPSA) is 83.8 Å². The number of benzene rings is 1. The molecule has 2 N–H and O–H groups in total. The molecular formula is C14H15ClO5. The maximum Gasteiger partial charge on any atom is 0.313 e. The fraction of sp³-hybridized carbons (Fsp3) is 0.429. The molecule has 0 spiro atoms. The SMILES string of the molecule is CCOC(=O)C1(Cc2ccc(O)c(Cl)c2)CC1C(=O)O. The standard InChI is InChI=1S/C14H15ClO5/c1-2-20-13(19)14(7-9(14)12(17)18)6-8-3-4-11(16)10(15)5-8/h3-5,9,16H,2,6-7H2,1H3,(H,17,18). The number of carboxylic acids is 1. The molecule has 1 fully saturated rings. The van der Waals surface area contributed by atoms with E-state index in [9.17, 15) is 14.7 Å². The highest BCUT2D eigenvalue weighted by molar-refractivity contribution is 6.32. The summed E-state index contributed by atoms with van der Waals surface area (Å²) in [4.78, 5) is 23.2. The van der Waals surface area contributed by atoms with Gasteiger partial charge in [0.25, 0.3) is 0 Å². The molecule has 2 atom stereocenters. The number of phenols is 1. The molecule has 1 saturated carbocycles. The molecule has 0 amide bonds. The van der Waals surface area contributed by atoms with Crippen LogP contribution in [0.5, 0.6) is 5.75 Å². The van der Waals surface area contributed by atoms with Gasteiger partial charge >= 0.3 is 11.9 Å². The van der Waals surface area contributed by atoms with Crippen LogP contribution < -0.4 is 0 Å². The second-order valence-corrected chi connectivity index (χ2v) is 5.34. The zero-order chi connectivity index (χ0) is 14.9. The fourth-order valence-electron chi connectivity index (χ4n) is 2.42. The van der Waals surface area contributed by atoms with E-state index in [1.54, 1.807) is 13.0 Å². The first-order valence-electron chi connectivity index (χ1n) is 6.28. The van der Waals surface area contributed by atoms with Crippen LogP contribution >= 0.6 is 11.6 Å². The van der Waals surface area contributed by atoms with E-state index in [1.807, 2.05) is 0 Å². The number of rotatable bonds is 5. The number of esters is 1. The van der Waals surface area contributed by atoms with Crippen LogP contribution in [-0.2, 0) is 20.7 Å². The van der Waals surface area contributed by atoms with Gasteiger partial charge in [-0.25, -0.2) is 0 Å². The van der Waals surface area contributed by atoms with Crippen LogP contribution in [-0.4, -0.2) is 28.8 Å². The maximum atomic E-state index is 12.0. The molecule has 0 radical (unpaired) electrons. The molecule has 0 bridgehead atoms. The zero-order valence-corrected chi connectivity index (χ0v) is 11.7. The Morgan fingerprint density at radius 1 is 1.50 bits per heavy atom. The highest BCUT2D eigenvalue weighted by atomic mass is 35.5. The molecule has 1 aromatic carbocycles. The van der Waals surface area contributed by atoms with E-state index in [1.165, 1.54) is 12.1 Å². The van der Waals surface area contributed by atoms with E-state index in [2.05, 4.69) is 0 Å². The van der Waals surface area contributed by atoms with Crippen LogP contribution in [0.1, 0.15) is 18.9 Å². The van der Waals surface area contributed by atoms with Gasteiger partial charge < -0.3 is 14.9 Å². The average molecular weight is 299 g/mol. The summed E-state index contributed by atoms with van der Waals surface area (Å²) in [6.45, 7) is 1.89. The van der Waals surface area contributed by atoms with Crippen LogP contribution in [0.25, 0.3) is 0 Å². The van der Waals surface area contributed by atoms with Crippen molar-refractivity contribution in [3.8, 4) is 5.75 Å². The third-order valence-corrected chi connectivity index (χ3v) is 3.89. The number of ether oxygens (including phenoxy) is 1. The van der Waals surface area contributed by atoms with Crippen molar-refractivity contribution in [1.29, 1.82) is 0 Å². The van der Waals surface area contributed by atoms with Crippen LogP contribution in [0.15, 0.2) is 18.2 Å². The lowest BCUT2D eigenvalue weighted by molar-refractivity contribution is -0.153. The van der Waals surface area contributed by atoms with E-state index in [-0.39, 0.29) is 30.2 Å². The van der Waals surface area contributed by atoms with Crippen molar-refractivity contribution in [3.05, 3.63) is 28.8 Å². The zero-order valence-electron chi connectivity index (χ0n) is 10.9. The van der Waals surface area contributed by atoms with Crippen LogP contribution in [0.4, 0.5) is 0 Å². The van der Waals surface area contributed by atoms with Crippen molar-refractivity contribution in [2.45, 2.75) is 19.8 Å². The van der Waals surface area contributed by atoms with Crippen molar-refractivity contribution in [3.63, 3.8) is 0 Å². The minimum absolute atomic E-state index is 0.0498. The van der Waals surface area contributed by atoms with Crippen LogP contribution in [0, 0.1) is 11.3 Å². The first-order valence-corrected chi connectivity index (χ1v) is 6.66. The molecule has 0 aromatic heterocycles. The van der Waals surface area contributed by atoms with Gasteiger partial charge in [0.15, 0.2) is 0 Å². The molecule has 0 heterocycles. The first kappa shape index (κ1) is 14.7. The molecule has 5 nitrogen and oxygen atoms in total. The minimum Gasteiger partial charge on any atom is -0.506 e. The normalized spacial score (nSPS) is 24.2. The van der Waals surface area contributed by atoms with Crippen molar-refractivity contribution in [1.82, 2.24) is 0 Å². The van der Waals surface area contributed by atoms with Gasteiger partial charge in [0.1, 0.15) is 5.75 Å². The summed E-state index contributed by atoms with van der Waals surface area (Å²) in [6.07, 6.45) is 0.502. The second kappa shape index (κ2) is 5.32. The Hall–Kier alpha value is -1.75. The summed E-state index contributed by atoms with van der Waals surface area (Å²) < 4.78 is 4.99. The average Bonchev–Trinajstić information content (AvgIpc) is 3.10. The molecule has 0 saturated heterocycles. The number of aliphatic carboxylic acids is 1. The van der Waals surface area contributed by atoms with Crippen LogP contribution in [0.3, 0.4) is 0 Å². The molecule has 1 aliphatic carbocycles. The Balaban J connectivity index is 2.23. The Bertz CT molecular complexity index is 556. The number of aromatic hydroxyl groups is 1.